The number of benzene rings is 1. The van der Waals surface area contributed by atoms with E-state index >= 15 is 0 Å². The van der Waals surface area contributed by atoms with Crippen molar-refractivity contribution in [3.05, 3.63) is 35.4 Å². The fourth-order valence-corrected chi connectivity index (χ4v) is 1.63. The zero-order valence-corrected chi connectivity index (χ0v) is 10.0. The van der Waals surface area contributed by atoms with Gasteiger partial charge < -0.3 is 11.1 Å². The Morgan fingerprint density at radius 3 is 2.65 bits per heavy atom. The maximum absolute atomic E-state index is 11.2. The summed E-state index contributed by atoms with van der Waals surface area (Å²) in [5, 5.41) is 2.81. The molecule has 92 valence electrons. The van der Waals surface area contributed by atoms with Gasteiger partial charge in [0.2, 0.25) is 11.8 Å². The van der Waals surface area contributed by atoms with E-state index in [4.69, 9.17) is 5.73 Å². The first-order valence-electron chi connectivity index (χ1n) is 5.79. The molecule has 0 unspecified atom stereocenters. The number of rotatable bonds is 6. The predicted octanol–water partition coefficient (Wildman–Crippen LogP) is 1.24. The summed E-state index contributed by atoms with van der Waals surface area (Å²) in [6.07, 6.45) is 2.00. The Labute approximate surface area is 101 Å². The number of hydrogen-bond acceptors (Lipinski definition) is 2. The minimum absolute atomic E-state index is 0.0454. The van der Waals surface area contributed by atoms with Crippen molar-refractivity contribution in [1.29, 1.82) is 0 Å². The van der Waals surface area contributed by atoms with Crippen LogP contribution in [0.15, 0.2) is 24.3 Å². The van der Waals surface area contributed by atoms with Crippen molar-refractivity contribution in [3.63, 3.8) is 0 Å². The van der Waals surface area contributed by atoms with Crippen LogP contribution in [0.4, 0.5) is 0 Å². The second-order valence-corrected chi connectivity index (χ2v) is 3.87. The van der Waals surface area contributed by atoms with Gasteiger partial charge in [-0.25, -0.2) is 0 Å². The molecule has 0 saturated heterocycles. The van der Waals surface area contributed by atoms with Gasteiger partial charge in [0.25, 0.3) is 0 Å². The fraction of sp³-hybridized carbons (Fsp3) is 0.385. The highest BCUT2D eigenvalue weighted by Crippen LogP contribution is 2.08. The van der Waals surface area contributed by atoms with Crippen molar-refractivity contribution in [2.24, 2.45) is 5.73 Å². The molecule has 4 nitrogen and oxygen atoms in total. The minimum Gasteiger partial charge on any atom is -0.366 e. The quantitative estimate of drug-likeness (QED) is 0.777. The number of amides is 2. The molecule has 0 saturated carbocycles. The zero-order valence-electron chi connectivity index (χ0n) is 10.0. The molecule has 0 bridgehead atoms. The van der Waals surface area contributed by atoms with E-state index in [0.717, 1.165) is 12.0 Å². The normalized spacial score (nSPS) is 9.94. The minimum atomic E-state index is -0.430. The molecule has 0 aliphatic heterocycles. The summed E-state index contributed by atoms with van der Waals surface area (Å²) < 4.78 is 0. The topological polar surface area (TPSA) is 72.2 Å². The van der Waals surface area contributed by atoms with Crippen LogP contribution in [0.3, 0.4) is 0 Å². The lowest BCUT2D eigenvalue weighted by Crippen LogP contribution is -2.26. The number of carbonyl (C=O) groups is 2. The lowest BCUT2D eigenvalue weighted by atomic mass is 10.0. The maximum atomic E-state index is 11.2. The molecule has 0 radical (unpaired) electrons. The standard InChI is InChI=1S/C13H18N2O2/c1-2-5-12(16)15-9-8-10-6-3-4-7-11(10)13(14)17/h3-4,6-7H,2,5,8-9H2,1H3,(H2,14,17)(H,15,16). The predicted molar refractivity (Wildman–Crippen MR) is 66.6 cm³/mol. The van der Waals surface area contributed by atoms with Gasteiger partial charge in [-0.05, 0) is 24.5 Å². The third-order valence-electron chi connectivity index (χ3n) is 2.48. The van der Waals surface area contributed by atoms with E-state index in [1.165, 1.54) is 0 Å². The van der Waals surface area contributed by atoms with Crippen LogP contribution < -0.4 is 11.1 Å². The van der Waals surface area contributed by atoms with Crippen LogP contribution in [0.5, 0.6) is 0 Å². The lowest BCUT2D eigenvalue weighted by Gasteiger charge is -2.07. The van der Waals surface area contributed by atoms with E-state index in [-0.39, 0.29) is 5.91 Å². The zero-order chi connectivity index (χ0) is 12.7. The number of hydrogen-bond donors (Lipinski definition) is 2. The van der Waals surface area contributed by atoms with Crippen LogP contribution in [-0.2, 0) is 11.2 Å². The smallest absolute Gasteiger partial charge is 0.248 e. The molecule has 1 rings (SSSR count). The van der Waals surface area contributed by atoms with E-state index in [9.17, 15) is 9.59 Å². The van der Waals surface area contributed by atoms with Gasteiger partial charge in [-0.2, -0.15) is 0 Å². The molecule has 0 atom stereocenters. The molecular formula is C13H18N2O2. The summed E-state index contributed by atoms with van der Waals surface area (Å²) >= 11 is 0. The summed E-state index contributed by atoms with van der Waals surface area (Å²) in [5.74, 6) is -0.385. The van der Waals surface area contributed by atoms with Crippen LogP contribution in [0.1, 0.15) is 35.7 Å². The van der Waals surface area contributed by atoms with Crippen molar-refractivity contribution in [2.45, 2.75) is 26.2 Å². The Bertz CT molecular complexity index is 402. The van der Waals surface area contributed by atoms with Crippen LogP contribution in [0.2, 0.25) is 0 Å². The first-order chi connectivity index (χ1) is 8.15. The Morgan fingerprint density at radius 1 is 1.29 bits per heavy atom. The number of primary amides is 1. The molecule has 0 spiro atoms. The summed E-state index contributed by atoms with van der Waals surface area (Å²) in [6.45, 7) is 2.49. The summed E-state index contributed by atoms with van der Waals surface area (Å²) in [4.78, 5) is 22.4. The van der Waals surface area contributed by atoms with E-state index in [1.54, 1.807) is 12.1 Å². The second kappa shape index (κ2) is 6.68. The van der Waals surface area contributed by atoms with Gasteiger partial charge in [0, 0.05) is 18.5 Å². The molecule has 0 aromatic heterocycles. The van der Waals surface area contributed by atoms with Gasteiger partial charge >= 0.3 is 0 Å². The van der Waals surface area contributed by atoms with Crippen molar-refractivity contribution in [3.8, 4) is 0 Å². The van der Waals surface area contributed by atoms with E-state index < -0.39 is 5.91 Å². The van der Waals surface area contributed by atoms with Gasteiger partial charge in [-0.1, -0.05) is 25.1 Å². The van der Waals surface area contributed by atoms with Crippen molar-refractivity contribution in [1.82, 2.24) is 5.32 Å². The third kappa shape index (κ3) is 4.26. The Kier molecular flexibility index (Phi) is 5.20. The van der Waals surface area contributed by atoms with E-state index in [2.05, 4.69) is 5.32 Å². The first kappa shape index (κ1) is 13.2. The van der Waals surface area contributed by atoms with Crippen LogP contribution in [0, 0.1) is 0 Å². The molecule has 17 heavy (non-hydrogen) atoms. The molecule has 0 aliphatic carbocycles. The summed E-state index contributed by atoms with van der Waals surface area (Å²) in [7, 11) is 0. The van der Waals surface area contributed by atoms with Crippen molar-refractivity contribution >= 4 is 11.8 Å². The lowest BCUT2D eigenvalue weighted by molar-refractivity contribution is -0.121. The summed E-state index contributed by atoms with van der Waals surface area (Å²) in [6, 6.07) is 7.19. The molecule has 4 heteroatoms. The average molecular weight is 234 g/mol. The molecule has 0 aliphatic rings. The van der Waals surface area contributed by atoms with Crippen molar-refractivity contribution < 1.29 is 9.59 Å². The monoisotopic (exact) mass is 234 g/mol. The molecule has 1 aromatic carbocycles. The average Bonchev–Trinajstić information content (AvgIpc) is 2.30. The molecule has 3 N–H and O–H groups in total. The van der Waals surface area contributed by atoms with Gasteiger partial charge in [0.05, 0.1) is 0 Å². The SMILES string of the molecule is CCCC(=O)NCCc1ccccc1C(N)=O. The highest BCUT2D eigenvalue weighted by atomic mass is 16.1. The summed E-state index contributed by atoms with van der Waals surface area (Å²) in [5.41, 5.74) is 6.66. The number of nitrogens with two attached hydrogens (primary N) is 1. The van der Waals surface area contributed by atoms with E-state index in [0.29, 0.717) is 24.9 Å². The maximum Gasteiger partial charge on any atom is 0.248 e. The Balaban J connectivity index is 2.52. The molecule has 2 amide bonds. The largest absolute Gasteiger partial charge is 0.366 e. The third-order valence-corrected chi connectivity index (χ3v) is 2.48. The Hall–Kier alpha value is -1.84. The fourth-order valence-electron chi connectivity index (χ4n) is 1.63. The molecular weight excluding hydrogens is 216 g/mol. The molecule has 0 heterocycles. The Morgan fingerprint density at radius 2 is 2.00 bits per heavy atom. The van der Waals surface area contributed by atoms with Gasteiger partial charge in [-0.3, -0.25) is 9.59 Å². The highest BCUT2D eigenvalue weighted by Gasteiger charge is 2.07. The van der Waals surface area contributed by atoms with E-state index in [1.807, 2.05) is 19.1 Å². The number of carbonyl (C=O) groups excluding carboxylic acids is 2. The van der Waals surface area contributed by atoms with Gasteiger partial charge in [-0.15, -0.1) is 0 Å². The van der Waals surface area contributed by atoms with Crippen molar-refractivity contribution in [2.75, 3.05) is 6.54 Å². The molecule has 0 fully saturated rings. The van der Waals surface area contributed by atoms with Crippen LogP contribution in [-0.4, -0.2) is 18.4 Å². The van der Waals surface area contributed by atoms with Gasteiger partial charge in [0.1, 0.15) is 0 Å². The van der Waals surface area contributed by atoms with Gasteiger partial charge in [0.15, 0.2) is 0 Å². The molecule has 1 aromatic rings. The van der Waals surface area contributed by atoms with Crippen LogP contribution >= 0.6 is 0 Å². The highest BCUT2D eigenvalue weighted by molar-refractivity contribution is 5.94. The first-order valence-corrected chi connectivity index (χ1v) is 5.79. The van der Waals surface area contributed by atoms with Crippen LogP contribution in [0.25, 0.3) is 0 Å². The second-order valence-electron chi connectivity index (χ2n) is 3.87. The number of nitrogens with one attached hydrogen (secondary N) is 1.